The van der Waals surface area contributed by atoms with Crippen molar-refractivity contribution in [2.24, 2.45) is 15.4 Å². The molecule has 1 aromatic heterocycles. The molecule has 0 unspecified atom stereocenters. The molecule has 2 aromatic carbocycles. The van der Waals surface area contributed by atoms with Gasteiger partial charge in [-0.2, -0.15) is 4.37 Å². The molecular formula is C16H10ClN5O4S2. The molecule has 0 bridgehead atoms. The molecule has 0 saturated heterocycles. The molecule has 1 heterocycles. The van der Waals surface area contributed by atoms with Crippen LogP contribution < -0.4 is 5.14 Å². The van der Waals surface area contributed by atoms with Crippen LogP contribution in [-0.4, -0.2) is 29.6 Å². The number of azo groups is 1. The van der Waals surface area contributed by atoms with Crippen molar-refractivity contribution in [3.8, 4) is 5.75 Å². The summed E-state index contributed by atoms with van der Waals surface area (Å²) in [6.07, 6.45) is 0.831. The van der Waals surface area contributed by atoms with E-state index in [4.69, 9.17) is 22.1 Å². The number of aromatic nitrogens is 1. The van der Waals surface area contributed by atoms with Crippen LogP contribution in [0.25, 0.3) is 10.9 Å². The maximum atomic E-state index is 11.5. The summed E-state index contributed by atoms with van der Waals surface area (Å²) in [6, 6.07) is 6.84. The van der Waals surface area contributed by atoms with Gasteiger partial charge < -0.3 is 5.11 Å². The lowest BCUT2D eigenvalue weighted by molar-refractivity contribution is 0.474. The standard InChI is InChI=1S/C16H10ClN5O4S2/c17-12-6-8(5-10(15(12)24)13(18)3-4-23)20-21-16-11-7-9(28(19,25)26)1-2-14(11)22-27-16/h1-3,5-7,18,24H,(H2,19,25,26). The van der Waals surface area contributed by atoms with Crippen LogP contribution in [0.1, 0.15) is 5.56 Å². The van der Waals surface area contributed by atoms with Crippen molar-refractivity contribution >= 4 is 66.4 Å². The van der Waals surface area contributed by atoms with Gasteiger partial charge in [0.05, 0.1) is 26.8 Å². The normalized spacial score (nSPS) is 11.6. The van der Waals surface area contributed by atoms with Gasteiger partial charge in [-0.05, 0) is 41.9 Å². The van der Waals surface area contributed by atoms with Crippen LogP contribution in [0.2, 0.25) is 5.02 Å². The molecular weight excluding hydrogens is 426 g/mol. The Kier molecular flexibility index (Phi) is 5.36. The predicted molar refractivity (Wildman–Crippen MR) is 105 cm³/mol. The molecule has 0 saturated carbocycles. The number of phenolic OH excluding ortho intramolecular Hbond substituents is 1. The number of allylic oxidation sites excluding steroid dienone is 1. The zero-order chi connectivity index (χ0) is 20.5. The average Bonchev–Trinajstić information content (AvgIpc) is 3.04. The number of hydrogen-bond donors (Lipinski definition) is 3. The minimum absolute atomic E-state index is 0.0181. The molecule has 0 aliphatic rings. The highest BCUT2D eigenvalue weighted by molar-refractivity contribution is 7.89. The Morgan fingerprint density at radius 2 is 2.07 bits per heavy atom. The van der Waals surface area contributed by atoms with Gasteiger partial charge in [0.15, 0.2) is 5.00 Å². The quantitative estimate of drug-likeness (QED) is 0.317. The van der Waals surface area contributed by atoms with Crippen LogP contribution in [0, 0.1) is 5.41 Å². The van der Waals surface area contributed by atoms with Crippen LogP contribution in [-0.2, 0) is 14.8 Å². The second-order valence-corrected chi connectivity index (χ2v) is 8.13. The number of carbonyl (C=O) groups excluding carboxylic acids is 1. The van der Waals surface area contributed by atoms with Crippen LogP contribution in [0.5, 0.6) is 5.75 Å². The molecule has 9 nitrogen and oxygen atoms in total. The fourth-order valence-electron chi connectivity index (χ4n) is 2.24. The van der Waals surface area contributed by atoms with E-state index in [-0.39, 0.29) is 32.6 Å². The van der Waals surface area contributed by atoms with Gasteiger partial charge in [-0.3, -0.25) is 5.41 Å². The van der Waals surface area contributed by atoms with E-state index in [1.165, 1.54) is 36.3 Å². The van der Waals surface area contributed by atoms with Crippen LogP contribution >= 0.6 is 23.1 Å². The summed E-state index contributed by atoms with van der Waals surface area (Å²) in [6.45, 7) is 0. The Bertz CT molecular complexity index is 1290. The van der Waals surface area contributed by atoms with Crippen molar-refractivity contribution < 1.29 is 18.3 Å². The van der Waals surface area contributed by atoms with Crippen LogP contribution in [0.4, 0.5) is 10.7 Å². The number of nitrogens with two attached hydrogens (primary N) is 1. The minimum Gasteiger partial charge on any atom is -0.506 e. The highest BCUT2D eigenvalue weighted by atomic mass is 35.5. The van der Waals surface area contributed by atoms with E-state index in [1.54, 1.807) is 0 Å². The first-order valence-corrected chi connectivity index (χ1v) is 10.1. The van der Waals surface area contributed by atoms with Gasteiger partial charge in [0.2, 0.25) is 10.0 Å². The molecule has 0 aliphatic carbocycles. The molecule has 0 fully saturated rings. The second kappa shape index (κ2) is 7.58. The van der Waals surface area contributed by atoms with Gasteiger partial charge in [0.25, 0.3) is 0 Å². The van der Waals surface area contributed by atoms with Gasteiger partial charge in [-0.1, -0.05) is 11.6 Å². The maximum absolute atomic E-state index is 11.5. The molecule has 3 aromatic rings. The Morgan fingerprint density at radius 1 is 1.32 bits per heavy atom. The van der Waals surface area contributed by atoms with Crippen molar-refractivity contribution in [1.29, 1.82) is 5.41 Å². The van der Waals surface area contributed by atoms with E-state index in [2.05, 4.69) is 14.6 Å². The third-order valence-electron chi connectivity index (χ3n) is 3.56. The first kappa shape index (κ1) is 19.8. The SMILES string of the molecule is N=C(C=C=O)c1cc(N=Nc2snc3ccc(S(N)(=O)=O)cc23)cc(Cl)c1O. The number of hydrogen-bond acceptors (Lipinski definition) is 9. The Labute approximate surface area is 167 Å². The Hall–Kier alpha value is -2.95. The highest BCUT2D eigenvalue weighted by Crippen LogP contribution is 2.36. The Balaban J connectivity index is 2.05. The van der Waals surface area contributed by atoms with Crippen molar-refractivity contribution in [3.05, 3.63) is 47.0 Å². The zero-order valence-corrected chi connectivity index (χ0v) is 16.1. The summed E-state index contributed by atoms with van der Waals surface area (Å²) < 4.78 is 27.2. The van der Waals surface area contributed by atoms with E-state index in [0.717, 1.165) is 17.6 Å². The summed E-state index contributed by atoms with van der Waals surface area (Å²) in [5.41, 5.74) is 0.405. The fourth-order valence-corrected chi connectivity index (χ4v) is 3.68. The average molecular weight is 436 g/mol. The molecule has 0 radical (unpaired) electrons. The van der Waals surface area contributed by atoms with Gasteiger partial charge in [0, 0.05) is 17.0 Å². The number of rotatable bonds is 5. The fraction of sp³-hybridized carbons (Fsp3) is 0. The molecule has 0 spiro atoms. The predicted octanol–water partition coefficient (Wildman–Crippen LogP) is 3.47. The van der Waals surface area contributed by atoms with E-state index < -0.39 is 10.0 Å². The topological polar surface area (TPSA) is 159 Å². The van der Waals surface area contributed by atoms with Gasteiger partial charge in [0.1, 0.15) is 11.7 Å². The number of sulfonamides is 1. The summed E-state index contributed by atoms with van der Waals surface area (Å²) in [5.74, 6) is 1.07. The first-order chi connectivity index (χ1) is 13.2. The lowest BCUT2D eigenvalue weighted by atomic mass is 10.1. The number of aromatic hydroxyl groups is 1. The number of fused-ring (bicyclic) bond motifs is 1. The van der Waals surface area contributed by atoms with Crippen molar-refractivity contribution in [1.82, 2.24) is 4.37 Å². The van der Waals surface area contributed by atoms with Crippen molar-refractivity contribution in [2.75, 3.05) is 0 Å². The molecule has 28 heavy (non-hydrogen) atoms. The van der Waals surface area contributed by atoms with Gasteiger partial charge in [-0.15, -0.1) is 10.2 Å². The highest BCUT2D eigenvalue weighted by Gasteiger charge is 2.14. The molecule has 0 aliphatic heterocycles. The maximum Gasteiger partial charge on any atom is 0.238 e. The smallest absolute Gasteiger partial charge is 0.238 e. The summed E-state index contributed by atoms with van der Waals surface area (Å²) in [4.78, 5) is 10.4. The number of nitrogens with zero attached hydrogens (tertiary/aromatic N) is 3. The molecule has 0 atom stereocenters. The van der Waals surface area contributed by atoms with Crippen molar-refractivity contribution in [2.45, 2.75) is 4.90 Å². The number of primary sulfonamides is 1. The largest absolute Gasteiger partial charge is 0.506 e. The molecule has 12 heteroatoms. The monoisotopic (exact) mass is 435 g/mol. The lowest BCUT2D eigenvalue weighted by Crippen LogP contribution is -2.11. The van der Waals surface area contributed by atoms with Crippen molar-refractivity contribution in [3.63, 3.8) is 0 Å². The number of nitrogens with one attached hydrogen (secondary N) is 1. The number of halogens is 1. The third kappa shape index (κ3) is 3.98. The summed E-state index contributed by atoms with van der Waals surface area (Å²) in [7, 11) is -3.89. The van der Waals surface area contributed by atoms with E-state index in [0.29, 0.717) is 15.9 Å². The third-order valence-corrected chi connectivity index (χ3v) is 5.52. The lowest BCUT2D eigenvalue weighted by Gasteiger charge is -2.05. The molecule has 3 rings (SSSR count). The zero-order valence-electron chi connectivity index (χ0n) is 13.7. The van der Waals surface area contributed by atoms with E-state index in [1.807, 2.05) is 0 Å². The summed E-state index contributed by atoms with van der Waals surface area (Å²) >= 11 is 6.94. The van der Waals surface area contributed by atoms with Crippen LogP contribution in [0.15, 0.2) is 51.5 Å². The van der Waals surface area contributed by atoms with E-state index in [9.17, 15) is 18.3 Å². The first-order valence-electron chi connectivity index (χ1n) is 7.37. The van der Waals surface area contributed by atoms with Gasteiger partial charge in [-0.25, -0.2) is 18.4 Å². The van der Waals surface area contributed by atoms with E-state index >= 15 is 0 Å². The second-order valence-electron chi connectivity index (χ2n) is 5.41. The molecule has 4 N–H and O–H groups in total. The minimum atomic E-state index is -3.89. The number of phenols is 1. The van der Waals surface area contributed by atoms with Gasteiger partial charge >= 0.3 is 0 Å². The summed E-state index contributed by atoms with van der Waals surface area (Å²) in [5, 5.41) is 31.6. The number of benzene rings is 2. The molecule has 142 valence electrons. The van der Waals surface area contributed by atoms with Crippen LogP contribution in [0.3, 0.4) is 0 Å². The molecule has 0 amide bonds. The Morgan fingerprint density at radius 3 is 2.75 bits per heavy atom.